The van der Waals surface area contributed by atoms with Crippen LogP contribution < -0.4 is 5.32 Å². The molecule has 0 unspecified atom stereocenters. The van der Waals surface area contributed by atoms with E-state index in [1.54, 1.807) is 25.3 Å². The first-order chi connectivity index (χ1) is 9.06. The van der Waals surface area contributed by atoms with Crippen molar-refractivity contribution >= 4 is 17.3 Å². The minimum absolute atomic E-state index is 0.00332. The second-order valence-corrected chi connectivity index (χ2v) is 4.43. The van der Waals surface area contributed by atoms with Crippen LogP contribution in [0.2, 0.25) is 5.02 Å². The molecule has 0 amide bonds. The van der Waals surface area contributed by atoms with Crippen molar-refractivity contribution in [1.82, 2.24) is 10.3 Å². The number of oxazole rings is 1. The number of aromatic nitrogens is 1. The van der Waals surface area contributed by atoms with Gasteiger partial charge in [-0.2, -0.15) is 0 Å². The van der Waals surface area contributed by atoms with Crippen LogP contribution in [0.1, 0.15) is 17.2 Å². The fourth-order valence-electron chi connectivity index (χ4n) is 1.64. The van der Waals surface area contributed by atoms with Crippen LogP contribution in [0.4, 0.5) is 5.69 Å². The average Bonchev–Trinajstić information content (AvgIpc) is 2.77. The third kappa shape index (κ3) is 3.52. The van der Waals surface area contributed by atoms with Gasteiger partial charge in [0.05, 0.1) is 17.7 Å². The van der Waals surface area contributed by atoms with Crippen LogP contribution in [-0.4, -0.2) is 9.91 Å². The molecule has 0 aliphatic carbocycles. The normalized spacial score (nSPS) is 10.6. The molecule has 0 atom stereocenters. The summed E-state index contributed by atoms with van der Waals surface area (Å²) in [6.07, 6.45) is 1.63. The molecule has 1 aromatic heterocycles. The van der Waals surface area contributed by atoms with E-state index < -0.39 is 4.92 Å². The molecule has 7 heteroatoms. The summed E-state index contributed by atoms with van der Waals surface area (Å²) in [5.41, 5.74) is 0.571. The number of nitro benzene ring substituents is 1. The second kappa shape index (κ2) is 5.81. The van der Waals surface area contributed by atoms with E-state index in [1.165, 1.54) is 6.07 Å². The fraction of sp³-hybridized carbons (Fsp3) is 0.250. The van der Waals surface area contributed by atoms with Crippen molar-refractivity contribution in [2.24, 2.45) is 0 Å². The molecule has 6 nitrogen and oxygen atoms in total. The first-order valence-electron chi connectivity index (χ1n) is 5.61. The molecule has 100 valence electrons. The highest BCUT2D eigenvalue weighted by molar-refractivity contribution is 6.30. The van der Waals surface area contributed by atoms with Crippen molar-refractivity contribution in [2.45, 2.75) is 20.0 Å². The molecule has 1 aromatic carbocycles. The maximum absolute atomic E-state index is 10.9. The molecule has 0 spiro atoms. The summed E-state index contributed by atoms with van der Waals surface area (Å²) in [4.78, 5) is 14.5. The standard InChI is InChI=1S/C12H12ClN3O3/c1-8-5-15-12(19-8)7-14-6-9-2-3-10(13)4-11(9)16(17)18/h2-5,14H,6-7H2,1H3. The monoisotopic (exact) mass is 281 g/mol. The van der Waals surface area contributed by atoms with Crippen LogP contribution in [-0.2, 0) is 13.1 Å². The largest absolute Gasteiger partial charge is 0.445 e. The molecule has 0 aliphatic heterocycles. The first-order valence-corrected chi connectivity index (χ1v) is 5.99. The summed E-state index contributed by atoms with van der Waals surface area (Å²) in [5, 5.41) is 14.3. The van der Waals surface area contributed by atoms with E-state index in [2.05, 4.69) is 10.3 Å². The molecule has 2 rings (SSSR count). The Labute approximate surface area is 114 Å². The Bertz CT molecular complexity index is 598. The fourth-order valence-corrected chi connectivity index (χ4v) is 1.81. The van der Waals surface area contributed by atoms with E-state index in [4.69, 9.17) is 16.0 Å². The van der Waals surface area contributed by atoms with E-state index in [0.29, 0.717) is 29.6 Å². The van der Waals surface area contributed by atoms with Crippen LogP contribution in [0.5, 0.6) is 0 Å². The topological polar surface area (TPSA) is 81.2 Å². The zero-order chi connectivity index (χ0) is 13.8. The highest BCUT2D eigenvalue weighted by Crippen LogP contribution is 2.23. The molecular weight excluding hydrogens is 270 g/mol. The quantitative estimate of drug-likeness (QED) is 0.673. The van der Waals surface area contributed by atoms with E-state index in [1.807, 2.05) is 0 Å². The van der Waals surface area contributed by atoms with E-state index >= 15 is 0 Å². The lowest BCUT2D eigenvalue weighted by Gasteiger charge is -2.04. The number of benzene rings is 1. The van der Waals surface area contributed by atoms with Gasteiger partial charge in [-0.1, -0.05) is 11.6 Å². The molecule has 0 fully saturated rings. The summed E-state index contributed by atoms with van der Waals surface area (Å²) in [5.74, 6) is 1.28. The van der Waals surface area contributed by atoms with Crippen LogP contribution >= 0.6 is 11.6 Å². The highest BCUT2D eigenvalue weighted by atomic mass is 35.5. The Morgan fingerprint density at radius 3 is 2.89 bits per heavy atom. The molecule has 0 radical (unpaired) electrons. The van der Waals surface area contributed by atoms with Gasteiger partial charge in [-0.05, 0) is 19.1 Å². The molecule has 19 heavy (non-hydrogen) atoms. The van der Waals surface area contributed by atoms with Crippen LogP contribution in [0, 0.1) is 17.0 Å². The van der Waals surface area contributed by atoms with E-state index in [-0.39, 0.29) is 5.69 Å². The molecule has 0 saturated heterocycles. The molecular formula is C12H12ClN3O3. The Morgan fingerprint density at radius 2 is 2.26 bits per heavy atom. The van der Waals surface area contributed by atoms with Crippen molar-refractivity contribution in [3.63, 3.8) is 0 Å². The minimum Gasteiger partial charge on any atom is -0.445 e. The number of hydrogen-bond donors (Lipinski definition) is 1. The maximum atomic E-state index is 10.9. The summed E-state index contributed by atoms with van der Waals surface area (Å²) in [7, 11) is 0. The lowest BCUT2D eigenvalue weighted by atomic mass is 10.2. The number of rotatable bonds is 5. The molecule has 0 bridgehead atoms. The van der Waals surface area contributed by atoms with Crippen molar-refractivity contribution in [2.75, 3.05) is 0 Å². The van der Waals surface area contributed by atoms with Crippen LogP contribution in [0.25, 0.3) is 0 Å². The molecule has 0 aliphatic rings. The third-order valence-corrected chi connectivity index (χ3v) is 2.74. The number of nitrogens with one attached hydrogen (secondary N) is 1. The van der Waals surface area contributed by atoms with Gasteiger partial charge >= 0.3 is 0 Å². The highest BCUT2D eigenvalue weighted by Gasteiger charge is 2.13. The number of hydrogen-bond acceptors (Lipinski definition) is 5. The predicted molar refractivity (Wildman–Crippen MR) is 69.9 cm³/mol. The molecule has 1 heterocycles. The Hall–Kier alpha value is -1.92. The lowest BCUT2D eigenvalue weighted by Crippen LogP contribution is -2.14. The van der Waals surface area contributed by atoms with Gasteiger partial charge in [0.25, 0.3) is 5.69 Å². The predicted octanol–water partition coefficient (Wildman–Crippen LogP) is 2.83. The van der Waals surface area contributed by atoms with Gasteiger partial charge in [0.2, 0.25) is 5.89 Å². The smallest absolute Gasteiger partial charge is 0.275 e. The minimum atomic E-state index is -0.446. The summed E-state index contributed by atoms with van der Waals surface area (Å²) < 4.78 is 5.29. The van der Waals surface area contributed by atoms with Gasteiger partial charge in [-0.25, -0.2) is 4.98 Å². The maximum Gasteiger partial charge on any atom is 0.275 e. The number of nitro groups is 1. The van der Waals surface area contributed by atoms with E-state index in [9.17, 15) is 10.1 Å². The van der Waals surface area contributed by atoms with E-state index in [0.717, 1.165) is 5.76 Å². The van der Waals surface area contributed by atoms with Crippen molar-refractivity contribution in [3.8, 4) is 0 Å². The van der Waals surface area contributed by atoms with Crippen molar-refractivity contribution in [1.29, 1.82) is 0 Å². The SMILES string of the molecule is Cc1cnc(CNCc2ccc(Cl)cc2[N+](=O)[O-])o1. The molecule has 2 aromatic rings. The number of halogens is 1. The van der Waals surface area contributed by atoms with Gasteiger partial charge < -0.3 is 9.73 Å². The van der Waals surface area contributed by atoms with Gasteiger partial charge in [0.15, 0.2) is 0 Å². The van der Waals surface area contributed by atoms with Gasteiger partial charge in [-0.15, -0.1) is 0 Å². The van der Waals surface area contributed by atoms with Crippen molar-refractivity contribution < 1.29 is 9.34 Å². The zero-order valence-corrected chi connectivity index (χ0v) is 11.0. The number of nitrogens with zero attached hydrogens (tertiary/aromatic N) is 2. The average molecular weight is 282 g/mol. The summed E-state index contributed by atoms with van der Waals surface area (Å²) in [6.45, 7) is 2.56. The summed E-state index contributed by atoms with van der Waals surface area (Å²) >= 11 is 5.74. The third-order valence-electron chi connectivity index (χ3n) is 2.50. The molecule has 0 saturated carbocycles. The molecule has 1 N–H and O–H groups in total. The van der Waals surface area contributed by atoms with Gasteiger partial charge in [0, 0.05) is 23.2 Å². The first kappa shape index (κ1) is 13.5. The van der Waals surface area contributed by atoms with Gasteiger partial charge in [0.1, 0.15) is 5.76 Å². The second-order valence-electron chi connectivity index (χ2n) is 4.00. The Morgan fingerprint density at radius 1 is 1.47 bits per heavy atom. The van der Waals surface area contributed by atoms with Crippen molar-refractivity contribution in [3.05, 3.63) is 56.7 Å². The van der Waals surface area contributed by atoms with Gasteiger partial charge in [-0.3, -0.25) is 10.1 Å². The number of aryl methyl sites for hydroxylation is 1. The Kier molecular flexibility index (Phi) is 4.13. The van der Waals surface area contributed by atoms with Crippen LogP contribution in [0.15, 0.2) is 28.8 Å². The summed E-state index contributed by atoms with van der Waals surface area (Å²) in [6, 6.07) is 4.60. The zero-order valence-electron chi connectivity index (χ0n) is 10.2. The lowest BCUT2D eigenvalue weighted by molar-refractivity contribution is -0.385. The van der Waals surface area contributed by atoms with Crippen LogP contribution in [0.3, 0.4) is 0 Å². The Balaban J connectivity index is 2.01.